The molecule has 2 aromatic heterocycles. The molecule has 0 aliphatic heterocycles. The van der Waals surface area contributed by atoms with Crippen LogP contribution in [0.25, 0.3) is 15.9 Å². The molecular weight excluding hydrogens is 412 g/mol. The van der Waals surface area contributed by atoms with Crippen LogP contribution in [0.2, 0.25) is 5.02 Å². The van der Waals surface area contributed by atoms with E-state index in [0.717, 1.165) is 27.5 Å². The molecule has 2 heterocycles. The van der Waals surface area contributed by atoms with Crippen molar-refractivity contribution in [3.05, 3.63) is 69.0 Å². The van der Waals surface area contributed by atoms with Crippen molar-refractivity contribution >= 4 is 44.9 Å². The third kappa shape index (κ3) is 3.74. The van der Waals surface area contributed by atoms with Crippen molar-refractivity contribution < 1.29 is 0 Å². The number of thiazole rings is 1. The molecule has 0 unspecified atom stereocenters. The van der Waals surface area contributed by atoms with Gasteiger partial charge in [0.05, 0.1) is 22.4 Å². The molecule has 0 fully saturated rings. The fraction of sp³-hybridized carbons (Fsp3) is 0.250. The minimum Gasteiger partial charge on any atom is -0.291 e. The summed E-state index contributed by atoms with van der Waals surface area (Å²) in [7, 11) is 0. The van der Waals surface area contributed by atoms with Crippen molar-refractivity contribution in [1.29, 1.82) is 0 Å². The van der Waals surface area contributed by atoms with Gasteiger partial charge in [0, 0.05) is 10.3 Å². The van der Waals surface area contributed by atoms with Gasteiger partial charge in [-0.15, -0.1) is 10.2 Å². The number of halogens is 1. The topological polar surface area (TPSA) is 52.7 Å². The Bertz CT molecular complexity index is 1180. The summed E-state index contributed by atoms with van der Waals surface area (Å²) in [6.45, 7) is 4.66. The average molecular weight is 431 g/mol. The minimum absolute atomic E-state index is 0.00188. The molecule has 1 atom stereocenters. The lowest BCUT2D eigenvalue weighted by Crippen LogP contribution is -2.17. The molecule has 28 heavy (non-hydrogen) atoms. The van der Waals surface area contributed by atoms with E-state index in [4.69, 9.17) is 11.6 Å². The van der Waals surface area contributed by atoms with Gasteiger partial charge in [0.2, 0.25) is 0 Å². The molecule has 8 heteroatoms. The van der Waals surface area contributed by atoms with Crippen molar-refractivity contribution in [3.8, 4) is 5.69 Å². The molecule has 0 aliphatic carbocycles. The third-order valence-electron chi connectivity index (χ3n) is 4.52. The van der Waals surface area contributed by atoms with Crippen LogP contribution in [0.4, 0.5) is 0 Å². The summed E-state index contributed by atoms with van der Waals surface area (Å²) in [5, 5.41) is 10.7. The van der Waals surface area contributed by atoms with Gasteiger partial charge in [0.1, 0.15) is 0 Å². The van der Waals surface area contributed by atoms with Crippen molar-refractivity contribution in [1.82, 2.24) is 19.3 Å². The van der Waals surface area contributed by atoms with Gasteiger partial charge in [-0.2, -0.15) is 0 Å². The Balaban J connectivity index is 1.82. The Morgan fingerprint density at radius 2 is 2.00 bits per heavy atom. The number of thioether (sulfide) groups is 1. The van der Waals surface area contributed by atoms with Crippen molar-refractivity contribution in [2.24, 2.45) is 0 Å². The summed E-state index contributed by atoms with van der Waals surface area (Å²) in [6, 6.07) is 15.4. The molecule has 0 N–H and O–H groups in total. The highest BCUT2D eigenvalue weighted by molar-refractivity contribution is 7.99. The Labute approximate surface area is 176 Å². The van der Waals surface area contributed by atoms with Crippen LogP contribution in [-0.4, -0.2) is 24.6 Å². The van der Waals surface area contributed by atoms with Crippen LogP contribution in [0.3, 0.4) is 0 Å². The Morgan fingerprint density at radius 1 is 1.18 bits per heavy atom. The molecule has 144 valence electrons. The molecule has 0 bridgehead atoms. The zero-order valence-electron chi connectivity index (χ0n) is 15.5. The predicted octanol–water partition coefficient (Wildman–Crippen LogP) is 5.24. The second-order valence-electron chi connectivity index (χ2n) is 6.47. The van der Waals surface area contributed by atoms with Gasteiger partial charge in [-0.05, 0) is 36.8 Å². The molecular formula is C20H19ClN4OS2. The smallest absolute Gasteiger partial charge is 0.291 e. The number of nitrogens with zero attached hydrogens (tertiary/aromatic N) is 4. The predicted molar refractivity (Wildman–Crippen MR) is 117 cm³/mol. The Hall–Kier alpha value is -2.09. The monoisotopic (exact) mass is 430 g/mol. The van der Waals surface area contributed by atoms with Gasteiger partial charge >= 0.3 is 4.87 Å². The van der Waals surface area contributed by atoms with Crippen LogP contribution in [0.1, 0.15) is 26.1 Å². The molecule has 0 saturated carbocycles. The van der Waals surface area contributed by atoms with Crippen molar-refractivity contribution in [3.63, 3.8) is 0 Å². The van der Waals surface area contributed by atoms with E-state index in [2.05, 4.69) is 24.0 Å². The van der Waals surface area contributed by atoms with E-state index in [0.29, 0.717) is 22.6 Å². The minimum atomic E-state index is -0.00188. The van der Waals surface area contributed by atoms with Crippen LogP contribution in [-0.2, 0) is 6.54 Å². The molecule has 5 nitrogen and oxygen atoms in total. The van der Waals surface area contributed by atoms with E-state index in [1.54, 1.807) is 16.3 Å². The third-order valence-corrected chi connectivity index (χ3v) is 6.93. The standard InChI is InChI=1S/C20H19ClN4OS2/c1-3-13(2)27-19-23-22-18(25(19)15-8-6-7-14(21)11-15)12-24-16-9-4-5-10-17(16)28-20(24)26/h4-11,13H,3,12H2,1-2H3/t13-/m0/s1. The fourth-order valence-electron chi connectivity index (χ4n) is 2.92. The summed E-state index contributed by atoms with van der Waals surface area (Å²) in [4.78, 5) is 12.6. The van der Waals surface area contributed by atoms with E-state index < -0.39 is 0 Å². The summed E-state index contributed by atoms with van der Waals surface area (Å²) < 4.78 is 4.72. The lowest BCUT2D eigenvalue weighted by atomic mass is 10.3. The number of para-hydroxylation sites is 1. The number of hydrogen-bond donors (Lipinski definition) is 0. The molecule has 4 aromatic rings. The first-order valence-electron chi connectivity index (χ1n) is 9.02. The summed E-state index contributed by atoms with van der Waals surface area (Å²) in [6.07, 6.45) is 1.02. The first kappa shape index (κ1) is 19.2. The van der Waals surface area contributed by atoms with Gasteiger partial charge in [-0.1, -0.05) is 66.7 Å². The highest BCUT2D eigenvalue weighted by Crippen LogP contribution is 2.28. The summed E-state index contributed by atoms with van der Waals surface area (Å²) in [5.74, 6) is 0.707. The highest BCUT2D eigenvalue weighted by Gasteiger charge is 2.19. The number of fused-ring (bicyclic) bond motifs is 1. The Morgan fingerprint density at radius 3 is 2.79 bits per heavy atom. The maximum atomic E-state index is 12.6. The lowest BCUT2D eigenvalue weighted by molar-refractivity contribution is 0.725. The van der Waals surface area contributed by atoms with E-state index in [1.807, 2.05) is 53.1 Å². The first-order chi connectivity index (χ1) is 13.6. The van der Waals surface area contributed by atoms with E-state index in [1.165, 1.54) is 11.3 Å². The SMILES string of the molecule is CC[C@H](C)Sc1nnc(Cn2c(=O)sc3ccccc32)n1-c1cccc(Cl)c1. The van der Waals surface area contributed by atoms with Gasteiger partial charge in [0.15, 0.2) is 11.0 Å². The number of rotatable bonds is 6. The van der Waals surface area contributed by atoms with E-state index >= 15 is 0 Å². The molecule has 0 radical (unpaired) electrons. The maximum Gasteiger partial charge on any atom is 0.308 e. The molecule has 4 rings (SSSR count). The largest absolute Gasteiger partial charge is 0.308 e. The molecule has 2 aromatic carbocycles. The maximum absolute atomic E-state index is 12.6. The van der Waals surface area contributed by atoms with Crippen LogP contribution in [0.5, 0.6) is 0 Å². The lowest BCUT2D eigenvalue weighted by Gasteiger charge is -2.13. The quantitative estimate of drug-likeness (QED) is 0.393. The van der Waals surface area contributed by atoms with Crippen LogP contribution in [0.15, 0.2) is 58.5 Å². The highest BCUT2D eigenvalue weighted by atomic mass is 35.5. The van der Waals surface area contributed by atoms with Crippen molar-refractivity contribution in [2.45, 2.75) is 37.2 Å². The van der Waals surface area contributed by atoms with Crippen LogP contribution in [0, 0.1) is 0 Å². The van der Waals surface area contributed by atoms with E-state index in [9.17, 15) is 4.79 Å². The molecule has 0 spiro atoms. The summed E-state index contributed by atoms with van der Waals surface area (Å²) >= 11 is 9.15. The van der Waals surface area contributed by atoms with Gasteiger partial charge in [-0.25, -0.2) is 0 Å². The molecule has 0 saturated heterocycles. The first-order valence-corrected chi connectivity index (χ1v) is 11.1. The normalized spacial score (nSPS) is 12.5. The second-order valence-corrected chi connectivity index (χ2v) is 9.31. The number of aromatic nitrogens is 4. The van der Waals surface area contributed by atoms with Crippen molar-refractivity contribution in [2.75, 3.05) is 0 Å². The number of benzene rings is 2. The Kier molecular flexibility index (Phi) is 5.57. The fourth-order valence-corrected chi connectivity index (χ4v) is 4.93. The van der Waals surface area contributed by atoms with Gasteiger partial charge < -0.3 is 0 Å². The molecule has 0 amide bonds. The zero-order chi connectivity index (χ0) is 19.7. The van der Waals surface area contributed by atoms with Gasteiger partial charge in [0.25, 0.3) is 0 Å². The van der Waals surface area contributed by atoms with Crippen LogP contribution < -0.4 is 4.87 Å². The number of hydrogen-bond acceptors (Lipinski definition) is 5. The average Bonchev–Trinajstić information content (AvgIpc) is 3.22. The zero-order valence-corrected chi connectivity index (χ0v) is 17.9. The van der Waals surface area contributed by atoms with Crippen LogP contribution >= 0.6 is 34.7 Å². The second kappa shape index (κ2) is 8.11. The van der Waals surface area contributed by atoms with Gasteiger partial charge in [-0.3, -0.25) is 13.9 Å². The molecule has 0 aliphatic rings. The van der Waals surface area contributed by atoms with E-state index in [-0.39, 0.29) is 4.87 Å². The summed E-state index contributed by atoms with van der Waals surface area (Å²) in [5.41, 5.74) is 1.81.